The number of fused-ring (bicyclic) bond motifs is 1. The van der Waals surface area contributed by atoms with Gasteiger partial charge in [-0.15, -0.1) is 0 Å². The Morgan fingerprint density at radius 1 is 1.33 bits per heavy atom. The fourth-order valence-corrected chi connectivity index (χ4v) is 2.72. The normalized spacial score (nSPS) is 22.8. The number of ether oxygens (including phenoxy) is 2. The van der Waals surface area contributed by atoms with Crippen molar-refractivity contribution in [1.29, 1.82) is 0 Å². The van der Waals surface area contributed by atoms with E-state index in [1.165, 1.54) is 23.8 Å². The van der Waals surface area contributed by atoms with Crippen LogP contribution in [0.25, 0.3) is 0 Å². The second-order valence-corrected chi connectivity index (χ2v) is 5.90. The monoisotopic (exact) mass is 335 g/mol. The van der Waals surface area contributed by atoms with Crippen LogP contribution in [-0.2, 0) is 16.1 Å². The van der Waals surface area contributed by atoms with E-state index in [2.05, 4.69) is 0 Å². The van der Waals surface area contributed by atoms with E-state index in [1.54, 1.807) is 25.2 Å². The van der Waals surface area contributed by atoms with E-state index in [-0.39, 0.29) is 13.2 Å². The number of benzene rings is 1. The summed E-state index contributed by atoms with van der Waals surface area (Å²) in [6, 6.07) is 5.13. The fraction of sp³-hybridized carbons (Fsp3) is 0.400. The molecule has 1 N–H and O–H groups in total. The molecular formula is C15H17N3O6. The van der Waals surface area contributed by atoms with Gasteiger partial charge in [0.05, 0.1) is 12.2 Å². The van der Waals surface area contributed by atoms with Gasteiger partial charge < -0.3 is 14.6 Å². The Bertz CT molecular complexity index is 736. The highest BCUT2D eigenvalue weighted by atomic mass is 16.6. The molecule has 24 heavy (non-hydrogen) atoms. The van der Waals surface area contributed by atoms with E-state index in [4.69, 9.17) is 14.6 Å². The maximum absolute atomic E-state index is 12.2. The van der Waals surface area contributed by atoms with Gasteiger partial charge in [-0.25, -0.2) is 14.4 Å². The van der Waals surface area contributed by atoms with Crippen molar-refractivity contribution < 1.29 is 29.0 Å². The van der Waals surface area contributed by atoms with Gasteiger partial charge in [-0.3, -0.25) is 14.7 Å². The van der Waals surface area contributed by atoms with Crippen LogP contribution in [0.15, 0.2) is 18.2 Å². The van der Waals surface area contributed by atoms with E-state index in [0.29, 0.717) is 11.4 Å². The summed E-state index contributed by atoms with van der Waals surface area (Å²) in [4.78, 5) is 38.6. The van der Waals surface area contributed by atoms with Gasteiger partial charge in [0.15, 0.2) is 0 Å². The maximum Gasteiger partial charge on any atom is 0.416 e. The first kappa shape index (κ1) is 15.9. The number of carbonyl (C=O) groups is 3. The number of cyclic esters (lactones) is 2. The van der Waals surface area contributed by atoms with Crippen molar-refractivity contribution in [3.05, 3.63) is 23.8 Å². The summed E-state index contributed by atoms with van der Waals surface area (Å²) in [5.74, 6) is 0. The van der Waals surface area contributed by atoms with Crippen LogP contribution in [0.2, 0.25) is 0 Å². The first-order valence-electron chi connectivity index (χ1n) is 7.23. The predicted octanol–water partition coefficient (Wildman–Crippen LogP) is 2.06. The van der Waals surface area contributed by atoms with Crippen molar-refractivity contribution in [3.63, 3.8) is 0 Å². The zero-order valence-electron chi connectivity index (χ0n) is 13.5. The molecule has 0 radical (unpaired) electrons. The maximum atomic E-state index is 12.2. The molecule has 0 aromatic heterocycles. The molecule has 2 aliphatic rings. The smallest absolute Gasteiger partial charge is 0.416 e. The summed E-state index contributed by atoms with van der Waals surface area (Å²) in [5, 5.41) is 9.12. The number of carbonyl (C=O) groups excluding carboxylic acids is 2. The number of likely N-dealkylation sites (N-methyl/N-ethyl adjacent to an activating group) is 1. The summed E-state index contributed by atoms with van der Waals surface area (Å²) in [6.07, 6.45) is -2.26. The van der Waals surface area contributed by atoms with Crippen molar-refractivity contribution in [1.82, 2.24) is 4.90 Å². The Kier molecular flexibility index (Phi) is 3.51. The van der Waals surface area contributed by atoms with Gasteiger partial charge in [0.25, 0.3) is 0 Å². The van der Waals surface area contributed by atoms with E-state index in [1.807, 2.05) is 0 Å². The number of hydrogen-bond acceptors (Lipinski definition) is 5. The molecule has 0 saturated carbocycles. The van der Waals surface area contributed by atoms with Gasteiger partial charge in [0, 0.05) is 25.3 Å². The third kappa shape index (κ3) is 2.38. The number of nitrogens with zero attached hydrogens (tertiary/aromatic N) is 3. The summed E-state index contributed by atoms with van der Waals surface area (Å²) < 4.78 is 10.3. The summed E-state index contributed by atoms with van der Waals surface area (Å²) in [7, 11) is 2.95. The summed E-state index contributed by atoms with van der Waals surface area (Å²) in [6.45, 7) is 1.71. The molecule has 3 rings (SSSR count). The highest BCUT2D eigenvalue weighted by Crippen LogP contribution is 2.34. The van der Waals surface area contributed by atoms with Gasteiger partial charge in [-0.1, -0.05) is 0 Å². The molecule has 1 aromatic rings. The molecule has 9 nitrogen and oxygen atoms in total. The third-order valence-electron chi connectivity index (χ3n) is 4.34. The van der Waals surface area contributed by atoms with Crippen molar-refractivity contribution >= 4 is 29.7 Å². The SMILES string of the molecule is CN1C(=O)OCc2cc(N3CC(C)(N(C)C(=O)O)OC3=O)ccc21. The molecule has 2 heterocycles. The number of anilines is 2. The minimum Gasteiger partial charge on any atom is -0.465 e. The van der Waals surface area contributed by atoms with Crippen LogP contribution in [0.1, 0.15) is 12.5 Å². The van der Waals surface area contributed by atoms with Crippen molar-refractivity contribution in [2.45, 2.75) is 19.3 Å². The Balaban J connectivity index is 1.89. The molecule has 0 aliphatic carbocycles. The first-order valence-corrected chi connectivity index (χ1v) is 7.23. The van der Waals surface area contributed by atoms with Gasteiger partial charge in [0.2, 0.25) is 5.72 Å². The molecule has 1 atom stereocenters. The fourth-order valence-electron chi connectivity index (χ4n) is 2.72. The molecular weight excluding hydrogens is 318 g/mol. The molecule has 0 bridgehead atoms. The van der Waals surface area contributed by atoms with Crippen LogP contribution in [0, 0.1) is 0 Å². The van der Waals surface area contributed by atoms with Crippen LogP contribution < -0.4 is 9.80 Å². The van der Waals surface area contributed by atoms with Crippen LogP contribution in [0.3, 0.4) is 0 Å². The van der Waals surface area contributed by atoms with Gasteiger partial charge in [0.1, 0.15) is 6.61 Å². The second kappa shape index (κ2) is 5.29. The quantitative estimate of drug-likeness (QED) is 0.888. The van der Waals surface area contributed by atoms with Gasteiger partial charge >= 0.3 is 18.3 Å². The largest absolute Gasteiger partial charge is 0.465 e. The summed E-state index contributed by atoms with van der Waals surface area (Å²) >= 11 is 0. The van der Waals surface area contributed by atoms with E-state index in [9.17, 15) is 14.4 Å². The average Bonchev–Trinajstić information content (AvgIpc) is 2.86. The molecule has 1 aromatic carbocycles. The molecule has 3 amide bonds. The molecule has 128 valence electrons. The number of hydrogen-bond donors (Lipinski definition) is 1. The number of amides is 3. The van der Waals surface area contributed by atoms with E-state index < -0.39 is 24.0 Å². The Labute approximate surface area is 137 Å². The minimum atomic E-state index is -1.28. The predicted molar refractivity (Wildman–Crippen MR) is 83.0 cm³/mol. The van der Waals surface area contributed by atoms with Crippen molar-refractivity contribution in [2.75, 3.05) is 30.4 Å². The lowest BCUT2D eigenvalue weighted by Gasteiger charge is -2.30. The lowest BCUT2D eigenvalue weighted by molar-refractivity contribution is -0.0384. The molecule has 2 aliphatic heterocycles. The van der Waals surface area contributed by atoms with E-state index >= 15 is 0 Å². The van der Waals surface area contributed by atoms with Crippen molar-refractivity contribution in [2.24, 2.45) is 0 Å². The van der Waals surface area contributed by atoms with Crippen LogP contribution in [0.5, 0.6) is 0 Å². The molecule has 1 unspecified atom stereocenters. The number of rotatable bonds is 2. The lowest BCUT2D eigenvalue weighted by Crippen LogP contribution is -2.49. The zero-order chi connectivity index (χ0) is 17.6. The number of carboxylic acid groups (broad SMARTS) is 1. The van der Waals surface area contributed by atoms with Crippen LogP contribution in [-0.4, -0.2) is 54.7 Å². The summed E-state index contributed by atoms with van der Waals surface area (Å²) in [5.41, 5.74) is 0.727. The standard InChI is InChI=1S/C15H17N3O6/c1-15(17(3)12(19)20)8-18(14(22)24-15)10-4-5-11-9(6-10)7-23-13(21)16(11)2/h4-6H,7-8H2,1-3H3,(H,19,20). The lowest BCUT2D eigenvalue weighted by atomic mass is 10.1. The van der Waals surface area contributed by atoms with Gasteiger partial charge in [-0.05, 0) is 25.1 Å². The van der Waals surface area contributed by atoms with Crippen LogP contribution >= 0.6 is 0 Å². The van der Waals surface area contributed by atoms with E-state index in [0.717, 1.165) is 10.5 Å². The van der Waals surface area contributed by atoms with Crippen LogP contribution in [0.4, 0.5) is 25.8 Å². The highest BCUT2D eigenvalue weighted by Gasteiger charge is 2.47. The molecule has 1 saturated heterocycles. The Morgan fingerprint density at radius 2 is 2.04 bits per heavy atom. The topological polar surface area (TPSA) is 99.6 Å². The molecule has 0 spiro atoms. The first-order chi connectivity index (χ1) is 11.2. The molecule has 9 heteroatoms. The minimum absolute atomic E-state index is 0.0586. The second-order valence-electron chi connectivity index (χ2n) is 5.90. The Morgan fingerprint density at radius 3 is 2.71 bits per heavy atom. The van der Waals surface area contributed by atoms with Gasteiger partial charge in [-0.2, -0.15) is 0 Å². The molecule has 1 fully saturated rings. The van der Waals surface area contributed by atoms with Crippen molar-refractivity contribution in [3.8, 4) is 0 Å². The highest BCUT2D eigenvalue weighted by molar-refractivity contribution is 5.93. The zero-order valence-corrected chi connectivity index (χ0v) is 13.5. The Hall–Kier alpha value is -2.97. The average molecular weight is 335 g/mol. The third-order valence-corrected chi connectivity index (χ3v) is 4.34.